The molecule has 23 heavy (non-hydrogen) atoms. The molecule has 7 heteroatoms. The van der Waals surface area contributed by atoms with Gasteiger partial charge in [-0.15, -0.1) is 0 Å². The zero-order valence-electron chi connectivity index (χ0n) is 13.3. The van der Waals surface area contributed by atoms with Gasteiger partial charge in [0.1, 0.15) is 5.69 Å². The first-order chi connectivity index (χ1) is 10.8. The summed E-state index contributed by atoms with van der Waals surface area (Å²) in [6, 6.07) is 0.839. The SMILES string of the molecule is CCc1cncc(CC)c1CSc1nc(C(C)(F)F)cc(=O)[nH]1. The molecule has 0 bridgehead atoms. The predicted octanol–water partition coefficient (Wildman–Crippen LogP) is 3.69. The van der Waals surface area contributed by atoms with Crippen LogP contribution in [0.25, 0.3) is 0 Å². The zero-order chi connectivity index (χ0) is 17.0. The molecule has 2 heterocycles. The molecule has 0 saturated carbocycles. The number of pyridine rings is 1. The highest BCUT2D eigenvalue weighted by Gasteiger charge is 2.27. The first-order valence-electron chi connectivity index (χ1n) is 7.42. The lowest BCUT2D eigenvalue weighted by Gasteiger charge is -2.13. The number of nitrogens with one attached hydrogen (secondary N) is 1. The highest BCUT2D eigenvalue weighted by Crippen LogP contribution is 2.28. The zero-order valence-corrected chi connectivity index (χ0v) is 14.1. The van der Waals surface area contributed by atoms with Crippen molar-refractivity contribution in [3.63, 3.8) is 0 Å². The number of H-pyrrole nitrogens is 1. The van der Waals surface area contributed by atoms with E-state index in [0.717, 1.165) is 42.5 Å². The lowest BCUT2D eigenvalue weighted by Crippen LogP contribution is -2.17. The van der Waals surface area contributed by atoms with Crippen LogP contribution in [0.1, 0.15) is 43.2 Å². The molecule has 0 saturated heterocycles. The van der Waals surface area contributed by atoms with E-state index in [-0.39, 0.29) is 5.16 Å². The molecule has 0 aromatic carbocycles. The molecular formula is C16H19F2N3OS. The Morgan fingerprint density at radius 2 is 1.83 bits per heavy atom. The number of rotatable bonds is 6. The summed E-state index contributed by atoms with van der Waals surface area (Å²) in [5.74, 6) is -2.58. The third-order valence-corrected chi connectivity index (χ3v) is 4.42. The van der Waals surface area contributed by atoms with Gasteiger partial charge in [0.15, 0.2) is 5.16 Å². The fourth-order valence-corrected chi connectivity index (χ4v) is 3.23. The van der Waals surface area contributed by atoms with Crippen molar-refractivity contribution in [1.29, 1.82) is 0 Å². The van der Waals surface area contributed by atoms with Crippen molar-refractivity contribution in [1.82, 2.24) is 15.0 Å². The maximum absolute atomic E-state index is 13.4. The third-order valence-electron chi connectivity index (χ3n) is 3.52. The van der Waals surface area contributed by atoms with E-state index in [1.165, 1.54) is 11.8 Å². The average Bonchev–Trinajstić information content (AvgIpc) is 2.51. The topological polar surface area (TPSA) is 58.6 Å². The Hall–Kier alpha value is -1.76. The van der Waals surface area contributed by atoms with Crippen LogP contribution < -0.4 is 5.56 Å². The Morgan fingerprint density at radius 1 is 1.22 bits per heavy atom. The van der Waals surface area contributed by atoms with Crippen molar-refractivity contribution >= 4 is 11.8 Å². The molecule has 124 valence electrons. The number of aryl methyl sites for hydroxylation is 2. The summed E-state index contributed by atoms with van der Waals surface area (Å²) in [5.41, 5.74) is 2.30. The van der Waals surface area contributed by atoms with Crippen molar-refractivity contribution in [3.8, 4) is 0 Å². The number of thioether (sulfide) groups is 1. The molecule has 0 spiro atoms. The lowest BCUT2D eigenvalue weighted by atomic mass is 10.0. The molecule has 0 aliphatic carbocycles. The standard InChI is InChI=1S/C16H19F2N3OS/c1-4-10-7-19-8-11(5-2)12(10)9-23-15-20-13(16(3,17)18)6-14(22)21-15/h6-8H,4-5,9H2,1-3H3,(H,20,21,22). The van der Waals surface area contributed by atoms with Crippen molar-refractivity contribution < 1.29 is 8.78 Å². The monoisotopic (exact) mass is 339 g/mol. The molecule has 0 unspecified atom stereocenters. The highest BCUT2D eigenvalue weighted by molar-refractivity contribution is 7.98. The van der Waals surface area contributed by atoms with Crippen LogP contribution in [0.4, 0.5) is 8.78 Å². The minimum atomic E-state index is -3.14. The van der Waals surface area contributed by atoms with Gasteiger partial charge in [0, 0.05) is 31.1 Å². The number of alkyl halides is 2. The molecule has 0 amide bonds. The molecule has 2 aromatic heterocycles. The Morgan fingerprint density at radius 3 is 2.35 bits per heavy atom. The minimum absolute atomic E-state index is 0.204. The van der Waals surface area contributed by atoms with Crippen molar-refractivity contribution in [2.75, 3.05) is 0 Å². The van der Waals surface area contributed by atoms with Crippen LogP contribution in [0, 0.1) is 0 Å². The normalized spacial score (nSPS) is 11.7. The van der Waals surface area contributed by atoms with E-state index in [9.17, 15) is 13.6 Å². The Labute approximate surface area is 137 Å². The minimum Gasteiger partial charge on any atom is -0.301 e. The largest absolute Gasteiger partial charge is 0.301 e. The Balaban J connectivity index is 2.29. The maximum atomic E-state index is 13.4. The van der Waals surface area contributed by atoms with Gasteiger partial charge in [-0.1, -0.05) is 25.6 Å². The van der Waals surface area contributed by atoms with Gasteiger partial charge in [0.2, 0.25) is 0 Å². The predicted molar refractivity (Wildman–Crippen MR) is 87.0 cm³/mol. The summed E-state index contributed by atoms with van der Waals surface area (Å²) < 4.78 is 26.8. The molecule has 2 rings (SSSR count). The van der Waals surface area contributed by atoms with Gasteiger partial charge in [-0.3, -0.25) is 9.78 Å². The van der Waals surface area contributed by atoms with Crippen LogP contribution in [-0.4, -0.2) is 15.0 Å². The smallest absolute Gasteiger partial charge is 0.287 e. The molecule has 0 aliphatic rings. The molecule has 4 nitrogen and oxygen atoms in total. The Bertz CT molecular complexity index is 719. The quantitative estimate of drug-likeness (QED) is 0.644. The van der Waals surface area contributed by atoms with Crippen LogP contribution in [-0.2, 0) is 24.5 Å². The number of halogens is 2. The molecular weight excluding hydrogens is 320 g/mol. The van der Waals surface area contributed by atoms with Gasteiger partial charge >= 0.3 is 0 Å². The van der Waals surface area contributed by atoms with E-state index in [1.807, 2.05) is 26.2 Å². The van der Waals surface area contributed by atoms with E-state index in [2.05, 4.69) is 15.0 Å². The van der Waals surface area contributed by atoms with Crippen LogP contribution in [0.15, 0.2) is 28.4 Å². The van der Waals surface area contributed by atoms with Gasteiger partial charge in [-0.05, 0) is 29.5 Å². The van der Waals surface area contributed by atoms with Gasteiger partial charge in [-0.25, -0.2) is 4.98 Å². The third kappa shape index (κ3) is 4.37. The first kappa shape index (κ1) is 17.6. The van der Waals surface area contributed by atoms with E-state index < -0.39 is 17.2 Å². The van der Waals surface area contributed by atoms with E-state index in [4.69, 9.17) is 0 Å². The fraction of sp³-hybridized carbons (Fsp3) is 0.438. The van der Waals surface area contributed by atoms with E-state index in [0.29, 0.717) is 5.75 Å². The fourth-order valence-electron chi connectivity index (χ4n) is 2.24. The first-order valence-corrected chi connectivity index (χ1v) is 8.40. The number of aromatic amines is 1. The van der Waals surface area contributed by atoms with Gasteiger partial charge in [0.05, 0.1) is 0 Å². The second-order valence-electron chi connectivity index (χ2n) is 5.26. The number of hydrogen-bond donors (Lipinski definition) is 1. The molecule has 0 radical (unpaired) electrons. The lowest BCUT2D eigenvalue weighted by molar-refractivity contribution is 0.0118. The van der Waals surface area contributed by atoms with Crippen LogP contribution >= 0.6 is 11.8 Å². The molecule has 0 aliphatic heterocycles. The van der Waals surface area contributed by atoms with Crippen LogP contribution in [0.5, 0.6) is 0 Å². The summed E-state index contributed by atoms with van der Waals surface area (Å²) in [6.07, 6.45) is 5.32. The van der Waals surface area contributed by atoms with Crippen molar-refractivity contribution in [2.45, 2.75) is 50.4 Å². The summed E-state index contributed by atoms with van der Waals surface area (Å²) in [6.45, 7) is 4.82. The summed E-state index contributed by atoms with van der Waals surface area (Å²) in [7, 11) is 0. The number of hydrogen-bond acceptors (Lipinski definition) is 4. The van der Waals surface area contributed by atoms with Gasteiger partial charge in [-0.2, -0.15) is 8.78 Å². The maximum Gasteiger partial charge on any atom is 0.287 e. The average molecular weight is 339 g/mol. The van der Waals surface area contributed by atoms with Crippen molar-refractivity contribution in [3.05, 3.63) is 51.2 Å². The number of nitrogens with zero attached hydrogens (tertiary/aromatic N) is 2. The number of aromatic nitrogens is 3. The van der Waals surface area contributed by atoms with Gasteiger partial charge < -0.3 is 4.98 Å². The van der Waals surface area contributed by atoms with Gasteiger partial charge in [0.25, 0.3) is 11.5 Å². The van der Waals surface area contributed by atoms with Crippen LogP contribution in [0.3, 0.4) is 0 Å². The molecule has 1 N–H and O–H groups in total. The van der Waals surface area contributed by atoms with E-state index in [1.54, 1.807) is 0 Å². The molecule has 0 atom stereocenters. The van der Waals surface area contributed by atoms with E-state index >= 15 is 0 Å². The summed E-state index contributed by atoms with van der Waals surface area (Å²) >= 11 is 1.25. The summed E-state index contributed by atoms with van der Waals surface area (Å²) in [4.78, 5) is 22.2. The Kier molecular flexibility index (Phi) is 5.51. The second kappa shape index (κ2) is 7.21. The van der Waals surface area contributed by atoms with Crippen LogP contribution in [0.2, 0.25) is 0 Å². The highest BCUT2D eigenvalue weighted by atomic mass is 32.2. The molecule has 2 aromatic rings. The second-order valence-corrected chi connectivity index (χ2v) is 6.22. The molecule has 0 fully saturated rings. The summed E-state index contributed by atoms with van der Waals surface area (Å²) in [5, 5.41) is 0.204. The van der Waals surface area contributed by atoms with Crippen molar-refractivity contribution in [2.24, 2.45) is 0 Å².